The highest BCUT2D eigenvalue weighted by Gasteiger charge is 2.73. The van der Waals surface area contributed by atoms with E-state index >= 15 is 0 Å². The van der Waals surface area contributed by atoms with E-state index in [9.17, 15) is 86.3 Å². The Labute approximate surface area is 773 Å². The van der Waals surface area contributed by atoms with E-state index in [1.54, 1.807) is 30.0 Å². The summed E-state index contributed by atoms with van der Waals surface area (Å²) in [5.41, 5.74) is 13.1. The second kappa shape index (κ2) is 41.0. The lowest BCUT2D eigenvalue weighted by molar-refractivity contribution is -0.145. The summed E-state index contributed by atoms with van der Waals surface area (Å²) in [6.45, 7) is 46.1. The van der Waals surface area contributed by atoms with E-state index in [0.717, 1.165) is 77.0 Å². The van der Waals surface area contributed by atoms with Crippen molar-refractivity contribution in [3.05, 3.63) is 12.7 Å². The van der Waals surface area contributed by atoms with Crippen molar-refractivity contribution in [2.45, 2.75) is 320 Å². The van der Waals surface area contributed by atoms with Gasteiger partial charge >= 0.3 is 18.1 Å². The number of ketones is 3. The van der Waals surface area contributed by atoms with Crippen LogP contribution in [0, 0.1) is 104 Å². The summed E-state index contributed by atoms with van der Waals surface area (Å²) in [6, 6.07) is -12.8. The first-order valence-electron chi connectivity index (χ1n) is 47.6. The van der Waals surface area contributed by atoms with Crippen molar-refractivity contribution >= 4 is 106 Å². The molecule has 0 spiro atoms. The number of carbonyl (C=O) groups is 18. The number of rotatable bonds is 36. The molecule has 0 aromatic carbocycles. The fourth-order valence-electron chi connectivity index (χ4n) is 20.5. The standard InChI is InChI=1S/2C32H52N6O6.C31H50N6O6/c1-16(2)22(28(42)37(8)18-12-13-18)35-30(44)36-25(31(3,4)5)29(43)38-15-19-21(32(19,6)7)23(38)27(41)34-20(24(39)26(33)40)14-17-10-9-11-17;1-17(2)22(28(42)37-13-9-8-10-14-37)35-30(44)36-25(31(3,4)5)29(43)38-16-19-21(32(19,6)7)23(38)27(41)34-20(15-18-11-12-18)24(39)26(33)40;1-10-13-36(9)27(41)21(16(2)3)34-29(43)35-24(30(4,5)6)28(42)37-15-18-20(31(18,7)8)22(37)26(40)33-19(14-17-11-12-17)23(38)25(32)39/h16-23,25H,9-15H2,1-8H3,(H2,33,40)(H,34,41)(H2,35,36,44);17-23,25H,8-16H2,1-7H3,(H2,33,40)(H,34,41)(H2,35,36,44);10,16-22,24H,1,11-15H2,2-9H3,(H2,32,39)(H,33,40)(H2,34,35,43)/t2*19-,20?,21-,22-,23-,25+;18-,19?,20-,21-,22-,24+/m000/s1. The molecule has 18 atom stereocenters. The molecule has 11 aliphatic rings. The van der Waals surface area contributed by atoms with E-state index in [2.05, 4.69) is 82.1 Å². The lowest BCUT2D eigenvalue weighted by atomic mass is 9.80. The summed E-state index contributed by atoms with van der Waals surface area (Å²) in [6.07, 6.45) is 14.0. The third kappa shape index (κ3) is 24.8. The molecule has 7 saturated carbocycles. The number of Topliss-reactive ketones (excluding diaryl/α,β-unsaturated/α-hetero) is 3. The van der Waals surface area contributed by atoms with Crippen molar-refractivity contribution in [1.29, 1.82) is 0 Å². The lowest BCUT2D eigenvalue weighted by Crippen LogP contribution is -2.62. The Morgan fingerprint density at radius 3 is 0.931 bits per heavy atom. The second-order valence-corrected chi connectivity index (χ2v) is 45.4. The number of fused-ring (bicyclic) bond motifs is 3. The zero-order chi connectivity index (χ0) is 98.2. The van der Waals surface area contributed by atoms with Gasteiger partial charge in [-0.25, -0.2) is 14.4 Å². The molecule has 4 saturated heterocycles. The molecule has 4 heterocycles. The van der Waals surface area contributed by atoms with Gasteiger partial charge in [-0.2, -0.15) is 0 Å². The van der Waals surface area contributed by atoms with Crippen molar-refractivity contribution in [2.75, 3.05) is 53.4 Å². The minimum absolute atomic E-state index is 0.0682. The third-order valence-electron chi connectivity index (χ3n) is 29.9. The predicted molar refractivity (Wildman–Crippen MR) is 488 cm³/mol. The van der Waals surface area contributed by atoms with Crippen LogP contribution in [0.2, 0.25) is 0 Å². The summed E-state index contributed by atoms with van der Waals surface area (Å²) in [5.74, 6) is -9.10. The first-order chi connectivity index (χ1) is 60.6. The van der Waals surface area contributed by atoms with Gasteiger partial charge in [-0.1, -0.05) is 196 Å². The lowest BCUT2D eigenvalue weighted by Gasteiger charge is -2.38. The van der Waals surface area contributed by atoms with Crippen LogP contribution in [0.4, 0.5) is 14.4 Å². The Hall–Kier alpha value is -9.80. The topological polar surface area (TPSA) is 513 Å². The van der Waals surface area contributed by atoms with Crippen LogP contribution < -0.4 is 65.1 Å². The normalized spacial score (nSPS) is 25.5. The van der Waals surface area contributed by atoms with E-state index in [-0.39, 0.29) is 111 Å². The Morgan fingerprint density at radius 2 is 0.679 bits per heavy atom. The number of likely N-dealkylation sites (N-methyl/N-ethyl adjacent to an activating group) is 2. The van der Waals surface area contributed by atoms with Crippen LogP contribution >= 0.6 is 0 Å². The third-order valence-corrected chi connectivity index (χ3v) is 29.9. The molecule has 11 fully saturated rings. The van der Waals surface area contributed by atoms with Crippen LogP contribution in [-0.4, -0.2) is 268 Å². The molecule has 7 aliphatic carbocycles. The summed E-state index contributed by atoms with van der Waals surface area (Å²) >= 11 is 0. The van der Waals surface area contributed by atoms with Crippen molar-refractivity contribution in [3.63, 3.8) is 0 Å². The fourth-order valence-corrected chi connectivity index (χ4v) is 20.5. The number of likely N-dealkylation sites (tertiary alicyclic amines) is 4. The van der Waals surface area contributed by atoms with Crippen LogP contribution in [-0.2, 0) is 71.9 Å². The molecule has 3 unspecified atom stereocenters. The molecule has 0 bridgehead atoms. The average molecular weight is 1840 g/mol. The van der Waals surface area contributed by atoms with E-state index < -0.39 is 177 Å². The van der Waals surface area contributed by atoms with Gasteiger partial charge in [0.1, 0.15) is 54.4 Å². The Balaban J connectivity index is 0.000000221. The Bertz CT molecular complexity index is 4370. The molecule has 36 nitrogen and oxygen atoms in total. The number of nitrogens with two attached hydrogens (primary N) is 3. The Morgan fingerprint density at radius 1 is 0.389 bits per heavy atom. The van der Waals surface area contributed by atoms with E-state index in [0.29, 0.717) is 58.5 Å². The summed E-state index contributed by atoms with van der Waals surface area (Å²) in [5, 5.41) is 25.1. The van der Waals surface area contributed by atoms with E-state index in [4.69, 9.17) is 17.2 Å². The summed E-state index contributed by atoms with van der Waals surface area (Å²) < 4.78 is 0. The van der Waals surface area contributed by atoms with Crippen LogP contribution in [0.3, 0.4) is 0 Å². The van der Waals surface area contributed by atoms with Gasteiger partial charge in [0.2, 0.25) is 70.5 Å². The average Bonchev–Trinajstić information content (AvgIpc) is 1.53. The molecule has 0 radical (unpaired) electrons. The largest absolute Gasteiger partial charge is 0.363 e. The molecular formula is C95H154N18O18. The molecule has 18 amide bonds. The number of piperidine rings is 4. The Kier molecular flexibility index (Phi) is 32.8. The van der Waals surface area contributed by atoms with Crippen molar-refractivity contribution in [2.24, 2.45) is 121 Å². The highest BCUT2D eigenvalue weighted by Crippen LogP contribution is 2.67. The molecule has 732 valence electrons. The van der Waals surface area contributed by atoms with Crippen molar-refractivity contribution in [3.8, 4) is 0 Å². The highest BCUT2D eigenvalue weighted by molar-refractivity contribution is 6.39. The molecule has 4 aliphatic heterocycles. The first-order valence-corrected chi connectivity index (χ1v) is 47.6. The SMILES string of the molecule is C=CCN(C)C(=O)[C@@H](NC(=O)N[C@H](C(=O)N1C[C@H]2[C@@H]([C@H]1C(=O)NC(CC1CC1)C(=O)C(N)=O)C2(C)C)C(C)(C)C)C(C)C.CC(C)[C@H](NC(=O)N[C@H](C(=O)N1C[C@H]2[C@@H]([C@H]1C(=O)NC(CC1CC1)C(=O)C(N)=O)C2(C)C)C(C)(C)C)C(=O)N1CCCCC1.CC(C)[C@H](NC(=O)N[C@H](C(=O)N1C[C@H]2[C@@H]([C@H]1C(=O)NC(CC1CCC1)C(=O)C(N)=O)C2(C)C)C(C)(C)C)C(=O)N(C)C1CC1. The minimum Gasteiger partial charge on any atom is -0.363 e. The minimum atomic E-state index is -1.10. The number of primary amides is 3. The monoisotopic (exact) mass is 1840 g/mol. The highest BCUT2D eigenvalue weighted by atomic mass is 16.2. The molecule has 0 aromatic heterocycles. The number of urea groups is 3. The molecule has 15 N–H and O–H groups in total. The van der Waals surface area contributed by atoms with Crippen molar-refractivity contribution in [1.82, 2.24) is 77.3 Å². The molecule has 11 rings (SSSR count). The maximum absolute atomic E-state index is 14.2. The zero-order valence-corrected chi connectivity index (χ0v) is 81.8. The summed E-state index contributed by atoms with van der Waals surface area (Å²) in [4.78, 5) is 246. The van der Waals surface area contributed by atoms with Gasteiger partial charge in [0, 0.05) is 59.4 Å². The summed E-state index contributed by atoms with van der Waals surface area (Å²) in [7, 11) is 3.37. The van der Waals surface area contributed by atoms with Crippen LogP contribution in [0.5, 0.6) is 0 Å². The van der Waals surface area contributed by atoms with Gasteiger partial charge < -0.3 is 94.5 Å². The molecular weight excluding hydrogens is 1680 g/mol. The number of hydrogen-bond acceptors (Lipinski definition) is 18. The second-order valence-electron chi connectivity index (χ2n) is 45.4. The number of nitrogens with zero attached hydrogens (tertiary/aromatic N) is 6. The smallest absolute Gasteiger partial charge is 0.316 e. The molecule has 36 heteroatoms. The predicted octanol–water partition coefficient (Wildman–Crippen LogP) is 4.31. The van der Waals surface area contributed by atoms with Gasteiger partial charge in [-0.15, -0.1) is 6.58 Å². The fraction of sp³-hybridized carbons (Fsp3) is 0.789. The van der Waals surface area contributed by atoms with Gasteiger partial charge in [0.25, 0.3) is 17.7 Å². The van der Waals surface area contributed by atoms with Crippen LogP contribution in [0.25, 0.3) is 0 Å². The van der Waals surface area contributed by atoms with E-state index in [1.165, 1.54) is 19.6 Å². The number of hydrogen-bond donors (Lipinski definition) is 12. The van der Waals surface area contributed by atoms with Crippen molar-refractivity contribution < 1.29 is 86.3 Å². The van der Waals surface area contributed by atoms with Gasteiger partial charge in [-0.05, 0) is 155 Å². The molecule has 131 heavy (non-hydrogen) atoms. The maximum atomic E-state index is 14.2. The van der Waals surface area contributed by atoms with Crippen LogP contribution in [0.15, 0.2) is 12.7 Å². The van der Waals surface area contributed by atoms with E-state index in [1.807, 2.05) is 118 Å². The first kappa shape index (κ1) is 105. The zero-order valence-electron chi connectivity index (χ0n) is 81.8. The quantitative estimate of drug-likeness (QED) is 0.0307. The van der Waals surface area contributed by atoms with Gasteiger partial charge in [0.15, 0.2) is 0 Å². The molecule has 0 aromatic rings. The number of nitrogens with one attached hydrogen (secondary N) is 9. The maximum Gasteiger partial charge on any atom is 0.316 e. The van der Waals surface area contributed by atoms with Crippen LogP contribution in [0.1, 0.15) is 242 Å². The van der Waals surface area contributed by atoms with Gasteiger partial charge in [0.05, 0.1) is 18.1 Å². The number of carbonyl (C=O) groups excluding carboxylic acids is 18. The van der Waals surface area contributed by atoms with Gasteiger partial charge in [-0.3, -0.25) is 71.9 Å². The number of amides is 18.